The van der Waals surface area contributed by atoms with Gasteiger partial charge in [-0.05, 0) is 62.7 Å². The van der Waals surface area contributed by atoms with E-state index in [1.165, 1.54) is 32.4 Å². The number of piperidine rings is 1. The van der Waals surface area contributed by atoms with Gasteiger partial charge in [-0.3, -0.25) is 4.79 Å². The molecule has 0 unspecified atom stereocenters. The number of nitrogens with one attached hydrogen (secondary N) is 1. The Kier molecular flexibility index (Phi) is 6.28. The molecule has 0 atom stereocenters. The van der Waals surface area contributed by atoms with Crippen LogP contribution in [0.25, 0.3) is 6.08 Å². The van der Waals surface area contributed by atoms with Crippen LogP contribution >= 0.6 is 0 Å². The number of nitrogen functional groups attached to an aromatic ring is 1. The number of hydrogen-bond donors (Lipinski definition) is 2. The highest BCUT2D eigenvalue weighted by Crippen LogP contribution is 2.08. The molecule has 0 spiro atoms. The molecule has 1 aromatic rings. The highest BCUT2D eigenvalue weighted by Gasteiger charge is 2.08. The Morgan fingerprint density at radius 3 is 2.62 bits per heavy atom. The van der Waals surface area contributed by atoms with Crippen molar-refractivity contribution in [2.24, 2.45) is 0 Å². The lowest BCUT2D eigenvalue weighted by Crippen LogP contribution is -2.33. The van der Waals surface area contributed by atoms with Gasteiger partial charge in [-0.15, -0.1) is 0 Å². The van der Waals surface area contributed by atoms with Crippen molar-refractivity contribution in [2.45, 2.75) is 25.7 Å². The Balaban J connectivity index is 1.61. The summed E-state index contributed by atoms with van der Waals surface area (Å²) in [6.07, 6.45) is 8.39. The summed E-state index contributed by atoms with van der Waals surface area (Å²) >= 11 is 0. The Morgan fingerprint density at radius 1 is 1.19 bits per heavy atom. The number of benzene rings is 1. The summed E-state index contributed by atoms with van der Waals surface area (Å²) in [4.78, 5) is 14.2. The normalized spacial score (nSPS) is 16.2. The van der Waals surface area contributed by atoms with Crippen LogP contribution in [0.3, 0.4) is 0 Å². The topological polar surface area (TPSA) is 58.4 Å². The van der Waals surface area contributed by atoms with Crippen LogP contribution in [0.15, 0.2) is 30.3 Å². The highest BCUT2D eigenvalue weighted by atomic mass is 16.1. The summed E-state index contributed by atoms with van der Waals surface area (Å²) in [6.45, 7) is 4.25. The van der Waals surface area contributed by atoms with Gasteiger partial charge in [0.05, 0.1) is 0 Å². The van der Waals surface area contributed by atoms with Gasteiger partial charge in [0.15, 0.2) is 0 Å². The third-order valence-electron chi connectivity index (χ3n) is 3.76. The van der Waals surface area contributed by atoms with E-state index in [1.54, 1.807) is 12.2 Å². The van der Waals surface area contributed by atoms with E-state index < -0.39 is 0 Å². The summed E-state index contributed by atoms with van der Waals surface area (Å²) in [5, 5.41) is 2.93. The van der Waals surface area contributed by atoms with Crippen molar-refractivity contribution in [3.8, 4) is 0 Å². The van der Waals surface area contributed by atoms with Gasteiger partial charge in [0.1, 0.15) is 0 Å². The molecule has 1 saturated heterocycles. The first-order valence-corrected chi connectivity index (χ1v) is 7.78. The molecule has 3 N–H and O–H groups in total. The molecule has 0 aromatic heterocycles. The van der Waals surface area contributed by atoms with Crippen LogP contribution < -0.4 is 11.1 Å². The molecular weight excluding hydrogens is 262 g/mol. The zero-order valence-electron chi connectivity index (χ0n) is 12.6. The summed E-state index contributed by atoms with van der Waals surface area (Å²) in [5.74, 6) is -0.0366. The number of anilines is 1. The predicted molar refractivity (Wildman–Crippen MR) is 87.8 cm³/mol. The second-order valence-electron chi connectivity index (χ2n) is 5.55. The molecule has 4 heteroatoms. The van der Waals surface area contributed by atoms with Gasteiger partial charge in [0.25, 0.3) is 0 Å². The Morgan fingerprint density at radius 2 is 1.90 bits per heavy atom. The monoisotopic (exact) mass is 287 g/mol. The molecule has 1 heterocycles. The maximum Gasteiger partial charge on any atom is 0.243 e. The van der Waals surface area contributed by atoms with E-state index in [2.05, 4.69) is 10.2 Å². The average molecular weight is 287 g/mol. The predicted octanol–water partition coefficient (Wildman–Crippen LogP) is 2.27. The van der Waals surface area contributed by atoms with Crippen molar-refractivity contribution in [3.63, 3.8) is 0 Å². The van der Waals surface area contributed by atoms with E-state index in [0.717, 1.165) is 30.8 Å². The van der Waals surface area contributed by atoms with Crippen LogP contribution in [0.1, 0.15) is 31.2 Å². The largest absolute Gasteiger partial charge is 0.399 e. The molecule has 0 bridgehead atoms. The van der Waals surface area contributed by atoms with Crippen LogP contribution in [0.2, 0.25) is 0 Å². The maximum absolute atomic E-state index is 11.7. The van der Waals surface area contributed by atoms with Crippen molar-refractivity contribution in [3.05, 3.63) is 35.9 Å². The van der Waals surface area contributed by atoms with Crippen molar-refractivity contribution < 1.29 is 4.79 Å². The molecule has 4 nitrogen and oxygen atoms in total. The smallest absolute Gasteiger partial charge is 0.243 e. The second-order valence-corrected chi connectivity index (χ2v) is 5.55. The van der Waals surface area contributed by atoms with Crippen LogP contribution in [0, 0.1) is 0 Å². The summed E-state index contributed by atoms with van der Waals surface area (Å²) in [5.41, 5.74) is 7.33. The van der Waals surface area contributed by atoms with Crippen LogP contribution in [0.5, 0.6) is 0 Å². The number of nitrogens with two attached hydrogens (primary N) is 1. The number of carbonyl (C=O) groups is 1. The molecule has 1 aliphatic heterocycles. The second kappa shape index (κ2) is 8.47. The highest BCUT2D eigenvalue weighted by molar-refractivity contribution is 5.91. The molecule has 0 aliphatic carbocycles. The van der Waals surface area contributed by atoms with Gasteiger partial charge in [-0.1, -0.05) is 18.6 Å². The first-order valence-electron chi connectivity index (χ1n) is 7.78. The van der Waals surface area contributed by atoms with Crippen molar-refractivity contribution in [2.75, 3.05) is 31.9 Å². The van der Waals surface area contributed by atoms with E-state index in [-0.39, 0.29) is 5.91 Å². The van der Waals surface area contributed by atoms with Crippen molar-refractivity contribution >= 4 is 17.7 Å². The van der Waals surface area contributed by atoms with E-state index in [9.17, 15) is 4.79 Å². The number of likely N-dealkylation sites (tertiary alicyclic amines) is 1. The van der Waals surface area contributed by atoms with Gasteiger partial charge in [-0.25, -0.2) is 0 Å². The lowest BCUT2D eigenvalue weighted by molar-refractivity contribution is -0.116. The van der Waals surface area contributed by atoms with Crippen molar-refractivity contribution in [1.82, 2.24) is 10.2 Å². The van der Waals surface area contributed by atoms with Crippen molar-refractivity contribution in [1.29, 1.82) is 0 Å². The molecule has 1 aliphatic rings. The fourth-order valence-electron chi connectivity index (χ4n) is 2.54. The summed E-state index contributed by atoms with van der Waals surface area (Å²) in [6, 6.07) is 7.46. The van der Waals surface area contributed by atoms with E-state index in [0.29, 0.717) is 0 Å². The van der Waals surface area contributed by atoms with E-state index in [4.69, 9.17) is 5.73 Å². The average Bonchev–Trinajstić information content (AvgIpc) is 2.52. The molecular formula is C17H25N3O. The Hall–Kier alpha value is -1.81. The van der Waals surface area contributed by atoms with E-state index in [1.807, 2.05) is 24.3 Å². The van der Waals surface area contributed by atoms with E-state index >= 15 is 0 Å². The molecule has 1 amide bonds. The van der Waals surface area contributed by atoms with Gasteiger partial charge >= 0.3 is 0 Å². The van der Waals surface area contributed by atoms with Gasteiger partial charge in [-0.2, -0.15) is 0 Å². The molecule has 2 rings (SSSR count). The summed E-state index contributed by atoms with van der Waals surface area (Å²) < 4.78 is 0. The number of hydrogen-bond acceptors (Lipinski definition) is 3. The van der Waals surface area contributed by atoms with Crippen LogP contribution in [-0.4, -0.2) is 37.0 Å². The quantitative estimate of drug-likeness (QED) is 0.479. The molecule has 114 valence electrons. The van der Waals surface area contributed by atoms with Gasteiger partial charge in [0, 0.05) is 18.3 Å². The lowest BCUT2D eigenvalue weighted by atomic mass is 10.1. The molecule has 0 saturated carbocycles. The fourth-order valence-corrected chi connectivity index (χ4v) is 2.54. The lowest BCUT2D eigenvalue weighted by Gasteiger charge is -2.26. The molecule has 0 radical (unpaired) electrons. The minimum Gasteiger partial charge on any atom is -0.399 e. The number of amides is 1. The number of carbonyl (C=O) groups excluding carboxylic acids is 1. The SMILES string of the molecule is Nc1ccc(C=CC(=O)NCCCN2CCCCC2)cc1. The Bertz CT molecular complexity index is 461. The Labute approximate surface area is 127 Å². The van der Waals surface area contributed by atoms with Crippen LogP contribution in [-0.2, 0) is 4.79 Å². The van der Waals surface area contributed by atoms with Gasteiger partial charge in [0.2, 0.25) is 5.91 Å². The maximum atomic E-state index is 11.7. The summed E-state index contributed by atoms with van der Waals surface area (Å²) in [7, 11) is 0. The third kappa shape index (κ3) is 6.00. The first-order chi connectivity index (χ1) is 10.2. The third-order valence-corrected chi connectivity index (χ3v) is 3.76. The minimum absolute atomic E-state index is 0.0366. The molecule has 21 heavy (non-hydrogen) atoms. The van der Waals surface area contributed by atoms with Gasteiger partial charge < -0.3 is 16.0 Å². The minimum atomic E-state index is -0.0366. The van der Waals surface area contributed by atoms with Crippen LogP contribution in [0.4, 0.5) is 5.69 Å². The zero-order valence-corrected chi connectivity index (χ0v) is 12.6. The first kappa shape index (κ1) is 15.6. The fraction of sp³-hybridized carbons (Fsp3) is 0.471. The molecule has 1 fully saturated rings. The number of rotatable bonds is 6. The number of nitrogens with zero attached hydrogens (tertiary/aromatic N) is 1. The standard InChI is InChI=1S/C17H25N3O/c18-16-8-5-15(6-9-16)7-10-17(21)19-11-4-14-20-12-2-1-3-13-20/h5-10H,1-4,11-14,18H2,(H,19,21). The zero-order chi connectivity index (χ0) is 14.9. The molecule has 1 aromatic carbocycles.